The molecule has 1 aliphatic carbocycles. The molecule has 2 heterocycles. The van der Waals surface area contributed by atoms with Gasteiger partial charge in [0.2, 0.25) is 11.8 Å². The molecular formula is C29H32F3N5O3. The summed E-state index contributed by atoms with van der Waals surface area (Å²) in [4.78, 5) is 31.8. The number of aromatic nitrogens is 2. The van der Waals surface area contributed by atoms with Gasteiger partial charge in [-0.15, -0.1) is 0 Å². The van der Waals surface area contributed by atoms with E-state index in [1.165, 1.54) is 6.07 Å². The minimum atomic E-state index is -4.46. The number of carbonyl (C=O) groups excluding carboxylic acids is 2. The van der Waals surface area contributed by atoms with Crippen molar-refractivity contribution in [3.63, 3.8) is 0 Å². The van der Waals surface area contributed by atoms with Crippen molar-refractivity contribution in [3.05, 3.63) is 70.4 Å². The van der Waals surface area contributed by atoms with Crippen molar-refractivity contribution < 1.29 is 27.3 Å². The standard InChI is InChI=1S/C29H32F3N5O3/c1-16-34-26(40-36-16)23-13-22(23)25(38)33-14-18-8-9-20(17-6-5-7-19(12-17)29(30,31)32)21-10-11-37(15-24(18)21)27(39)35-28(2,3)4/h5-9,12,22-23H,10-11,13-15H2,1-4H3,(H,33,38)(H,35,39)/t22-,23?/m0/s1. The Labute approximate surface area is 230 Å². The molecule has 1 fully saturated rings. The fourth-order valence-electron chi connectivity index (χ4n) is 5.15. The second kappa shape index (κ2) is 10.3. The molecule has 2 N–H and O–H groups in total. The zero-order chi connectivity index (χ0) is 28.8. The second-order valence-electron chi connectivity index (χ2n) is 11.5. The number of nitrogens with zero attached hydrogens (tertiary/aromatic N) is 3. The van der Waals surface area contributed by atoms with Crippen LogP contribution < -0.4 is 10.6 Å². The minimum absolute atomic E-state index is 0.102. The predicted molar refractivity (Wildman–Crippen MR) is 141 cm³/mol. The average Bonchev–Trinajstić information content (AvgIpc) is 3.58. The molecule has 0 radical (unpaired) electrons. The molecule has 11 heteroatoms. The highest BCUT2D eigenvalue weighted by atomic mass is 19.4. The Kier molecular flexibility index (Phi) is 7.09. The first kappa shape index (κ1) is 27.7. The third kappa shape index (κ3) is 5.97. The van der Waals surface area contributed by atoms with Crippen molar-refractivity contribution in [2.75, 3.05) is 6.54 Å². The van der Waals surface area contributed by atoms with Crippen LogP contribution in [-0.2, 0) is 30.5 Å². The molecule has 3 amide bonds. The molecule has 0 saturated heterocycles. The van der Waals surface area contributed by atoms with Crippen LogP contribution in [0.3, 0.4) is 0 Å². The Morgan fingerprint density at radius 3 is 2.58 bits per heavy atom. The summed E-state index contributed by atoms with van der Waals surface area (Å²) < 4.78 is 45.5. The number of benzene rings is 2. The monoisotopic (exact) mass is 555 g/mol. The van der Waals surface area contributed by atoms with Crippen molar-refractivity contribution in [2.24, 2.45) is 5.92 Å². The van der Waals surface area contributed by atoms with Gasteiger partial charge >= 0.3 is 12.2 Å². The normalized spacial score (nSPS) is 18.7. The highest BCUT2D eigenvalue weighted by Gasteiger charge is 2.47. The van der Waals surface area contributed by atoms with Gasteiger partial charge in [0, 0.05) is 25.2 Å². The molecule has 5 rings (SSSR count). The number of amides is 3. The molecule has 3 aromatic rings. The topological polar surface area (TPSA) is 100 Å². The van der Waals surface area contributed by atoms with Crippen molar-refractivity contribution >= 4 is 11.9 Å². The molecule has 1 saturated carbocycles. The summed E-state index contributed by atoms with van der Waals surface area (Å²) in [6.07, 6.45) is -3.36. The highest BCUT2D eigenvalue weighted by Crippen LogP contribution is 2.47. The van der Waals surface area contributed by atoms with Gasteiger partial charge < -0.3 is 20.1 Å². The first-order valence-electron chi connectivity index (χ1n) is 13.3. The summed E-state index contributed by atoms with van der Waals surface area (Å²) in [5, 5.41) is 9.76. The van der Waals surface area contributed by atoms with Crippen LogP contribution in [0.2, 0.25) is 0 Å². The molecule has 212 valence electrons. The molecule has 40 heavy (non-hydrogen) atoms. The number of urea groups is 1. The largest absolute Gasteiger partial charge is 0.416 e. The number of carbonyl (C=O) groups is 2. The maximum atomic E-state index is 13.4. The van der Waals surface area contributed by atoms with Gasteiger partial charge in [-0.3, -0.25) is 4.79 Å². The molecule has 0 bridgehead atoms. The Morgan fingerprint density at radius 1 is 1.12 bits per heavy atom. The third-order valence-corrected chi connectivity index (χ3v) is 7.22. The van der Waals surface area contributed by atoms with E-state index in [9.17, 15) is 22.8 Å². The van der Waals surface area contributed by atoms with Crippen LogP contribution in [0, 0.1) is 12.8 Å². The van der Waals surface area contributed by atoms with Crippen molar-refractivity contribution in [1.29, 1.82) is 0 Å². The van der Waals surface area contributed by atoms with E-state index < -0.39 is 17.3 Å². The highest BCUT2D eigenvalue weighted by molar-refractivity contribution is 5.83. The van der Waals surface area contributed by atoms with Crippen LogP contribution in [0.25, 0.3) is 11.1 Å². The quantitative estimate of drug-likeness (QED) is 0.442. The number of hydrogen-bond donors (Lipinski definition) is 2. The number of aryl methyl sites for hydroxylation is 1. The maximum Gasteiger partial charge on any atom is 0.416 e. The molecule has 2 aliphatic rings. The molecule has 8 nitrogen and oxygen atoms in total. The van der Waals surface area contributed by atoms with Crippen LogP contribution in [0.1, 0.15) is 67.1 Å². The number of halogens is 3. The van der Waals surface area contributed by atoms with Crippen molar-refractivity contribution in [1.82, 2.24) is 25.7 Å². The van der Waals surface area contributed by atoms with Crippen LogP contribution in [0.4, 0.5) is 18.0 Å². The van der Waals surface area contributed by atoms with E-state index in [-0.39, 0.29) is 36.9 Å². The lowest BCUT2D eigenvalue weighted by Gasteiger charge is -2.34. The summed E-state index contributed by atoms with van der Waals surface area (Å²) in [5.74, 6) is 0.494. The number of nitrogens with one attached hydrogen (secondary N) is 2. The summed E-state index contributed by atoms with van der Waals surface area (Å²) >= 11 is 0. The van der Waals surface area contributed by atoms with Gasteiger partial charge in [0.1, 0.15) is 0 Å². The molecule has 1 unspecified atom stereocenters. The summed E-state index contributed by atoms with van der Waals surface area (Å²) in [5.41, 5.74) is 2.56. The zero-order valence-electron chi connectivity index (χ0n) is 22.9. The maximum absolute atomic E-state index is 13.4. The van der Waals surface area contributed by atoms with Gasteiger partial charge in [-0.25, -0.2) is 4.79 Å². The number of rotatable bonds is 5. The van der Waals surface area contributed by atoms with Gasteiger partial charge in [-0.2, -0.15) is 18.2 Å². The summed E-state index contributed by atoms with van der Waals surface area (Å²) in [6, 6.07) is 8.70. The van der Waals surface area contributed by atoms with E-state index in [4.69, 9.17) is 4.52 Å². The molecule has 0 spiro atoms. The average molecular weight is 556 g/mol. The molecule has 1 aromatic heterocycles. The van der Waals surface area contributed by atoms with Gasteiger partial charge in [0.05, 0.1) is 17.4 Å². The van der Waals surface area contributed by atoms with Crippen molar-refractivity contribution in [3.8, 4) is 11.1 Å². The van der Waals surface area contributed by atoms with Crippen LogP contribution in [-0.4, -0.2) is 39.1 Å². The van der Waals surface area contributed by atoms with E-state index in [0.29, 0.717) is 42.2 Å². The molecule has 1 aliphatic heterocycles. The fraction of sp³-hybridized carbons (Fsp3) is 0.448. The first-order valence-corrected chi connectivity index (χ1v) is 13.3. The van der Waals surface area contributed by atoms with Crippen LogP contribution in [0.15, 0.2) is 40.9 Å². The molecular weight excluding hydrogens is 523 g/mol. The Balaban J connectivity index is 1.41. The number of fused-ring (bicyclic) bond motifs is 1. The van der Waals surface area contributed by atoms with E-state index in [0.717, 1.165) is 28.8 Å². The van der Waals surface area contributed by atoms with E-state index in [1.807, 2.05) is 32.9 Å². The van der Waals surface area contributed by atoms with Crippen LogP contribution in [0.5, 0.6) is 0 Å². The van der Waals surface area contributed by atoms with E-state index in [1.54, 1.807) is 17.9 Å². The Morgan fingerprint density at radius 2 is 1.90 bits per heavy atom. The number of alkyl halides is 3. The van der Waals surface area contributed by atoms with E-state index >= 15 is 0 Å². The van der Waals surface area contributed by atoms with Crippen molar-refractivity contribution in [2.45, 2.75) is 71.3 Å². The first-order chi connectivity index (χ1) is 18.8. The van der Waals surface area contributed by atoms with Gasteiger partial charge in [0.25, 0.3) is 0 Å². The van der Waals surface area contributed by atoms with E-state index in [2.05, 4.69) is 20.8 Å². The van der Waals surface area contributed by atoms with Gasteiger partial charge in [-0.05, 0) is 80.5 Å². The fourth-order valence-corrected chi connectivity index (χ4v) is 5.15. The van der Waals surface area contributed by atoms with Gasteiger partial charge in [0.15, 0.2) is 5.82 Å². The lowest BCUT2D eigenvalue weighted by molar-refractivity contribution is -0.137. The minimum Gasteiger partial charge on any atom is -0.352 e. The lowest BCUT2D eigenvalue weighted by atomic mass is 9.87. The Bertz CT molecular complexity index is 1440. The summed E-state index contributed by atoms with van der Waals surface area (Å²) in [7, 11) is 0. The molecule has 2 atom stereocenters. The second-order valence-corrected chi connectivity index (χ2v) is 11.5. The van der Waals surface area contributed by atoms with Crippen LogP contribution >= 0.6 is 0 Å². The molecule has 2 aromatic carbocycles. The third-order valence-electron chi connectivity index (χ3n) is 7.22. The Hall–Kier alpha value is -3.89. The van der Waals surface area contributed by atoms with Gasteiger partial charge in [-0.1, -0.05) is 29.4 Å². The lowest BCUT2D eigenvalue weighted by Crippen LogP contribution is -2.50. The summed E-state index contributed by atoms with van der Waals surface area (Å²) in [6.45, 7) is 8.35. The number of hydrogen-bond acceptors (Lipinski definition) is 5. The predicted octanol–water partition coefficient (Wildman–Crippen LogP) is 5.35. The smallest absolute Gasteiger partial charge is 0.352 e. The zero-order valence-corrected chi connectivity index (χ0v) is 22.9. The SMILES string of the molecule is Cc1noc(C2C[C@@H]2C(=O)NCc2ccc(-c3cccc(C(F)(F)F)c3)c3c2CN(C(=O)NC(C)(C)C)CC3)n1.